The molecule has 0 amide bonds. The summed E-state index contributed by atoms with van der Waals surface area (Å²) in [6.07, 6.45) is 3.91. The Morgan fingerprint density at radius 2 is 1.06 bits per heavy atom. The van der Waals surface area contributed by atoms with Crippen molar-refractivity contribution in [2.45, 2.75) is 47.0 Å². The van der Waals surface area contributed by atoms with Gasteiger partial charge in [-0.05, 0) is 39.8 Å². The van der Waals surface area contributed by atoms with Gasteiger partial charge in [-0.15, -0.1) is 0 Å². The molecule has 2 atom stereocenters. The number of likely N-dealkylation sites (tertiary alicyclic amines) is 1. The van der Waals surface area contributed by atoms with E-state index in [0.29, 0.717) is 0 Å². The molecule has 2 unspecified atom stereocenters. The number of aryl methyl sites for hydroxylation is 2. The molecule has 5 nitrogen and oxygen atoms in total. The molecule has 2 aromatic carbocycles. The highest BCUT2D eigenvalue weighted by molar-refractivity contribution is 5.98. The van der Waals surface area contributed by atoms with Crippen molar-refractivity contribution < 1.29 is 14.3 Å². The van der Waals surface area contributed by atoms with Crippen molar-refractivity contribution in [3.63, 3.8) is 0 Å². The van der Waals surface area contributed by atoms with Crippen molar-refractivity contribution >= 4 is 11.6 Å². The first-order valence-electron chi connectivity index (χ1n) is 13.6. The Hall–Kier alpha value is -2.34. The van der Waals surface area contributed by atoms with Gasteiger partial charge in [-0.2, -0.15) is 0 Å². The topological polar surface area (TPSA) is 49.9 Å². The summed E-state index contributed by atoms with van der Waals surface area (Å²) >= 11 is 0. The van der Waals surface area contributed by atoms with Crippen molar-refractivity contribution in [3.05, 3.63) is 70.8 Å². The number of Topliss-reactive ketones (excluding diaryl/α,β-unsaturated/α-hetero) is 2. The average Bonchev–Trinajstić information content (AvgIpc) is 2.90. The molecule has 36 heavy (non-hydrogen) atoms. The molecule has 0 aromatic heterocycles. The summed E-state index contributed by atoms with van der Waals surface area (Å²) in [5, 5.41) is 0. The number of carbonyl (C=O) groups excluding carboxylic acids is 2. The fourth-order valence-electron chi connectivity index (χ4n) is 4.87. The zero-order valence-corrected chi connectivity index (χ0v) is 22.7. The summed E-state index contributed by atoms with van der Waals surface area (Å²) in [6, 6.07) is 15.8. The maximum Gasteiger partial charge on any atom is 0.166 e. The number of hydrogen-bond acceptors (Lipinski definition) is 5. The van der Waals surface area contributed by atoms with Gasteiger partial charge in [-0.1, -0.05) is 79.9 Å². The van der Waals surface area contributed by atoms with E-state index in [0.717, 1.165) is 63.6 Å². The van der Waals surface area contributed by atoms with Crippen molar-refractivity contribution in [2.24, 2.45) is 11.8 Å². The Balaban J connectivity index is 0.000000201. The van der Waals surface area contributed by atoms with Crippen LogP contribution in [0.25, 0.3) is 0 Å². The molecule has 0 radical (unpaired) electrons. The van der Waals surface area contributed by atoms with E-state index in [2.05, 4.69) is 16.7 Å². The van der Waals surface area contributed by atoms with Gasteiger partial charge in [0.25, 0.3) is 0 Å². The Bertz CT molecular complexity index is 863. The number of morpholine rings is 1. The monoisotopic (exact) mass is 492 g/mol. The smallest absolute Gasteiger partial charge is 0.166 e. The number of ketones is 2. The lowest BCUT2D eigenvalue weighted by molar-refractivity contribution is 0.0313. The minimum Gasteiger partial charge on any atom is -0.379 e. The molecule has 196 valence electrons. The first-order chi connectivity index (χ1) is 17.3. The molecule has 4 rings (SSSR count). The summed E-state index contributed by atoms with van der Waals surface area (Å²) in [6.45, 7) is 15.6. The molecule has 2 saturated heterocycles. The van der Waals surface area contributed by atoms with Crippen molar-refractivity contribution in [1.29, 1.82) is 0 Å². The SMILES string of the molecule is Cc1ccc(C(=O)C(C)CN2CCCCC2)cc1.Cc1ccc(C(=O)C(C)CN2CCOCC2)cc1. The van der Waals surface area contributed by atoms with Gasteiger partial charge >= 0.3 is 0 Å². The van der Waals surface area contributed by atoms with Crippen molar-refractivity contribution in [2.75, 3.05) is 52.5 Å². The van der Waals surface area contributed by atoms with Crippen LogP contribution in [0.3, 0.4) is 0 Å². The van der Waals surface area contributed by atoms with Gasteiger partial charge in [0.05, 0.1) is 13.2 Å². The van der Waals surface area contributed by atoms with Crippen molar-refractivity contribution in [1.82, 2.24) is 9.80 Å². The van der Waals surface area contributed by atoms with Crippen LogP contribution >= 0.6 is 0 Å². The lowest BCUT2D eigenvalue weighted by Gasteiger charge is -2.28. The molecular formula is C31H44N2O3. The van der Waals surface area contributed by atoms with Gasteiger partial charge in [0.1, 0.15) is 0 Å². The van der Waals surface area contributed by atoms with E-state index >= 15 is 0 Å². The molecular weight excluding hydrogens is 448 g/mol. The van der Waals surface area contributed by atoms with Crippen LogP contribution in [-0.4, -0.2) is 73.8 Å². The first-order valence-corrected chi connectivity index (χ1v) is 13.6. The summed E-state index contributed by atoms with van der Waals surface area (Å²) < 4.78 is 5.31. The zero-order valence-electron chi connectivity index (χ0n) is 22.7. The zero-order chi connectivity index (χ0) is 25.9. The fourth-order valence-corrected chi connectivity index (χ4v) is 4.87. The Labute approximate surface area is 217 Å². The minimum atomic E-state index is 0.0470. The molecule has 0 saturated carbocycles. The number of ether oxygens (including phenoxy) is 1. The predicted octanol–water partition coefficient (Wildman–Crippen LogP) is 5.45. The number of hydrogen-bond donors (Lipinski definition) is 0. The van der Waals surface area contributed by atoms with Gasteiger partial charge < -0.3 is 9.64 Å². The van der Waals surface area contributed by atoms with Crippen LogP contribution in [0.4, 0.5) is 0 Å². The molecule has 0 N–H and O–H groups in total. The highest BCUT2D eigenvalue weighted by Gasteiger charge is 2.21. The number of carbonyl (C=O) groups is 2. The van der Waals surface area contributed by atoms with E-state index in [1.54, 1.807) is 0 Å². The maximum absolute atomic E-state index is 12.3. The molecule has 2 aliphatic heterocycles. The lowest BCUT2D eigenvalue weighted by atomic mass is 9.97. The van der Waals surface area contributed by atoms with E-state index in [-0.39, 0.29) is 23.4 Å². The third-order valence-electron chi connectivity index (χ3n) is 7.18. The summed E-state index contributed by atoms with van der Waals surface area (Å²) in [5.74, 6) is 0.665. The van der Waals surface area contributed by atoms with Crippen LogP contribution in [0.2, 0.25) is 0 Å². The Kier molecular flexibility index (Phi) is 11.3. The van der Waals surface area contributed by atoms with E-state index in [4.69, 9.17) is 4.74 Å². The Morgan fingerprint density at radius 1 is 0.667 bits per heavy atom. The molecule has 2 heterocycles. The maximum atomic E-state index is 12.3. The second kappa shape index (κ2) is 14.4. The van der Waals surface area contributed by atoms with Crippen LogP contribution in [0.15, 0.2) is 48.5 Å². The molecule has 5 heteroatoms. The van der Waals surface area contributed by atoms with Crippen LogP contribution in [-0.2, 0) is 4.74 Å². The molecule has 0 aliphatic carbocycles. The standard InChI is InChI=1S/C16H23NO.C15H21NO2/c1-13-6-8-15(9-7-13)16(18)14(2)12-17-10-4-3-5-11-17;1-12-3-5-14(6-4-12)15(17)13(2)11-16-7-9-18-10-8-16/h6-9,14H,3-5,10-12H2,1-2H3;3-6,13H,7-11H2,1-2H3. The van der Waals surface area contributed by atoms with Crippen LogP contribution in [0.1, 0.15) is 65.0 Å². The van der Waals surface area contributed by atoms with Gasteiger partial charge in [0.2, 0.25) is 0 Å². The Morgan fingerprint density at radius 3 is 1.47 bits per heavy atom. The molecule has 0 bridgehead atoms. The third kappa shape index (κ3) is 8.95. The van der Waals surface area contributed by atoms with E-state index in [1.807, 2.05) is 69.3 Å². The largest absolute Gasteiger partial charge is 0.379 e. The highest BCUT2D eigenvalue weighted by Crippen LogP contribution is 2.15. The van der Waals surface area contributed by atoms with E-state index in [9.17, 15) is 9.59 Å². The normalized spacial score (nSPS) is 18.6. The average molecular weight is 493 g/mol. The fraction of sp³-hybridized carbons (Fsp3) is 0.548. The van der Waals surface area contributed by atoms with Gasteiger partial charge in [-0.25, -0.2) is 0 Å². The molecule has 2 fully saturated rings. The summed E-state index contributed by atoms with van der Waals surface area (Å²) in [7, 11) is 0. The summed E-state index contributed by atoms with van der Waals surface area (Å²) in [5.41, 5.74) is 4.06. The number of benzene rings is 2. The molecule has 2 aliphatic rings. The van der Waals surface area contributed by atoms with Crippen LogP contribution in [0.5, 0.6) is 0 Å². The number of rotatable bonds is 8. The highest BCUT2D eigenvalue weighted by atomic mass is 16.5. The number of nitrogens with zero attached hydrogens (tertiary/aromatic N) is 2. The quantitative estimate of drug-likeness (QED) is 0.459. The van der Waals surface area contributed by atoms with E-state index < -0.39 is 0 Å². The van der Waals surface area contributed by atoms with Gasteiger partial charge in [0, 0.05) is 49.1 Å². The number of piperidine rings is 1. The second-order valence-corrected chi connectivity index (χ2v) is 10.5. The summed E-state index contributed by atoms with van der Waals surface area (Å²) in [4.78, 5) is 29.3. The third-order valence-corrected chi connectivity index (χ3v) is 7.18. The van der Waals surface area contributed by atoms with Gasteiger partial charge in [-0.3, -0.25) is 14.5 Å². The predicted molar refractivity (Wildman–Crippen MR) is 147 cm³/mol. The van der Waals surface area contributed by atoms with Gasteiger partial charge in [0.15, 0.2) is 11.6 Å². The van der Waals surface area contributed by atoms with Crippen molar-refractivity contribution in [3.8, 4) is 0 Å². The van der Waals surface area contributed by atoms with Crippen LogP contribution < -0.4 is 0 Å². The molecule has 0 spiro atoms. The lowest BCUT2D eigenvalue weighted by Crippen LogP contribution is -2.40. The van der Waals surface area contributed by atoms with Crippen LogP contribution in [0, 0.1) is 25.7 Å². The first kappa shape index (κ1) is 28.2. The molecule has 2 aromatic rings. The second-order valence-electron chi connectivity index (χ2n) is 10.5. The minimum absolute atomic E-state index is 0.0470. The van der Waals surface area contributed by atoms with E-state index in [1.165, 1.54) is 30.4 Å².